The molecule has 1 rings (SSSR count). The largest absolute Gasteiger partial charge is 0.479 e. The third-order valence-corrected chi connectivity index (χ3v) is 2.21. The van der Waals surface area contributed by atoms with Gasteiger partial charge in [-0.2, -0.15) is 0 Å². The lowest BCUT2D eigenvalue weighted by Gasteiger charge is -2.09. The van der Waals surface area contributed by atoms with Gasteiger partial charge in [0.2, 0.25) is 0 Å². The second kappa shape index (κ2) is 5.09. The van der Waals surface area contributed by atoms with Crippen LogP contribution >= 0.6 is 11.6 Å². The van der Waals surface area contributed by atoms with Crippen LogP contribution in [0.15, 0.2) is 18.2 Å². The molecule has 3 nitrogen and oxygen atoms in total. The van der Waals surface area contributed by atoms with Crippen molar-refractivity contribution in [1.82, 2.24) is 0 Å². The van der Waals surface area contributed by atoms with E-state index in [1.165, 1.54) is 25.1 Å². The van der Waals surface area contributed by atoms with E-state index in [0.29, 0.717) is 10.6 Å². The molecule has 15 heavy (non-hydrogen) atoms. The Hall–Kier alpha value is -1.13. The molecule has 5 heteroatoms. The summed E-state index contributed by atoms with van der Waals surface area (Å²) in [6.45, 7) is 1.37. The standard InChI is InChI=1S/C10H10ClFO3/c1-6(10(13)14)15-5-7-4-8(12)2-3-9(7)11/h2-4,6H,5H2,1H3,(H,13,14). The van der Waals surface area contributed by atoms with Crippen LogP contribution in [0.3, 0.4) is 0 Å². The monoisotopic (exact) mass is 232 g/mol. The molecule has 1 aromatic rings. The third kappa shape index (κ3) is 3.49. The molecule has 0 aromatic heterocycles. The Bertz CT molecular complexity index is 368. The first kappa shape index (κ1) is 11.9. The number of aliphatic carboxylic acids is 1. The molecule has 82 valence electrons. The number of hydrogen-bond acceptors (Lipinski definition) is 2. The highest BCUT2D eigenvalue weighted by Gasteiger charge is 2.12. The van der Waals surface area contributed by atoms with Crippen LogP contribution in [0.25, 0.3) is 0 Å². The Morgan fingerprint density at radius 3 is 2.93 bits per heavy atom. The Kier molecular flexibility index (Phi) is 4.05. The van der Waals surface area contributed by atoms with Crippen molar-refractivity contribution in [3.8, 4) is 0 Å². The SMILES string of the molecule is CC(OCc1cc(F)ccc1Cl)C(=O)O. The van der Waals surface area contributed by atoms with Gasteiger partial charge < -0.3 is 9.84 Å². The second-order valence-electron chi connectivity index (χ2n) is 3.03. The molecule has 0 spiro atoms. The summed E-state index contributed by atoms with van der Waals surface area (Å²) < 4.78 is 17.8. The zero-order valence-corrected chi connectivity index (χ0v) is 8.79. The molecular formula is C10H10ClFO3. The van der Waals surface area contributed by atoms with Crippen LogP contribution in [-0.2, 0) is 16.1 Å². The highest BCUT2D eigenvalue weighted by Crippen LogP contribution is 2.18. The van der Waals surface area contributed by atoms with E-state index in [9.17, 15) is 9.18 Å². The van der Waals surface area contributed by atoms with Crippen molar-refractivity contribution in [2.45, 2.75) is 19.6 Å². The topological polar surface area (TPSA) is 46.5 Å². The van der Waals surface area contributed by atoms with Crippen molar-refractivity contribution < 1.29 is 19.0 Å². The van der Waals surface area contributed by atoms with Crippen molar-refractivity contribution >= 4 is 17.6 Å². The fraction of sp³-hybridized carbons (Fsp3) is 0.300. The number of rotatable bonds is 4. The number of carbonyl (C=O) groups is 1. The number of ether oxygens (including phenoxy) is 1. The average Bonchev–Trinajstić information content (AvgIpc) is 2.18. The fourth-order valence-corrected chi connectivity index (χ4v) is 1.11. The molecule has 0 saturated heterocycles. The minimum Gasteiger partial charge on any atom is -0.479 e. The molecule has 0 heterocycles. The van der Waals surface area contributed by atoms with Crippen LogP contribution in [0.2, 0.25) is 5.02 Å². The molecule has 1 aromatic carbocycles. The van der Waals surface area contributed by atoms with Gasteiger partial charge in [-0.05, 0) is 30.7 Å². The number of halogens is 2. The summed E-state index contributed by atoms with van der Waals surface area (Å²) in [6.07, 6.45) is -0.940. The van der Waals surface area contributed by atoms with E-state index in [4.69, 9.17) is 21.4 Å². The summed E-state index contributed by atoms with van der Waals surface area (Å²) in [5.74, 6) is -1.50. The minimum atomic E-state index is -1.07. The molecule has 0 aliphatic rings. The van der Waals surface area contributed by atoms with Crippen LogP contribution in [0.1, 0.15) is 12.5 Å². The molecule has 0 bridgehead atoms. The van der Waals surface area contributed by atoms with Gasteiger partial charge in [-0.1, -0.05) is 11.6 Å². The minimum absolute atomic E-state index is 0.0237. The predicted octanol–water partition coefficient (Wildman–Crippen LogP) is 2.47. The second-order valence-corrected chi connectivity index (χ2v) is 3.43. The van der Waals surface area contributed by atoms with Gasteiger partial charge >= 0.3 is 5.97 Å². The number of carboxylic acids is 1. The van der Waals surface area contributed by atoms with Crippen LogP contribution in [-0.4, -0.2) is 17.2 Å². The smallest absolute Gasteiger partial charge is 0.332 e. The number of carboxylic acid groups (broad SMARTS) is 1. The summed E-state index contributed by atoms with van der Waals surface area (Å²) >= 11 is 5.77. The summed E-state index contributed by atoms with van der Waals surface area (Å²) in [7, 11) is 0. The molecule has 0 aliphatic heterocycles. The van der Waals surface area contributed by atoms with Gasteiger partial charge in [0, 0.05) is 5.02 Å². The first-order valence-electron chi connectivity index (χ1n) is 4.29. The van der Waals surface area contributed by atoms with Gasteiger partial charge in [0.25, 0.3) is 0 Å². The van der Waals surface area contributed by atoms with Crippen molar-refractivity contribution in [3.05, 3.63) is 34.6 Å². The maximum atomic E-state index is 12.8. The molecule has 0 aliphatic carbocycles. The van der Waals surface area contributed by atoms with E-state index in [1.54, 1.807) is 0 Å². The highest BCUT2D eigenvalue weighted by molar-refractivity contribution is 6.31. The van der Waals surface area contributed by atoms with Gasteiger partial charge in [0.15, 0.2) is 6.10 Å². The van der Waals surface area contributed by atoms with Crippen LogP contribution in [0, 0.1) is 5.82 Å². The zero-order valence-electron chi connectivity index (χ0n) is 8.04. The van der Waals surface area contributed by atoms with Crippen molar-refractivity contribution in [3.63, 3.8) is 0 Å². The van der Waals surface area contributed by atoms with Crippen LogP contribution in [0.4, 0.5) is 4.39 Å². The summed E-state index contributed by atoms with van der Waals surface area (Å²) in [5, 5.41) is 8.91. The third-order valence-electron chi connectivity index (χ3n) is 1.84. The van der Waals surface area contributed by atoms with Gasteiger partial charge in [0.1, 0.15) is 5.82 Å². The number of hydrogen-bond donors (Lipinski definition) is 1. The lowest BCUT2D eigenvalue weighted by molar-refractivity contribution is -0.149. The maximum Gasteiger partial charge on any atom is 0.332 e. The van der Waals surface area contributed by atoms with Gasteiger partial charge in [0.05, 0.1) is 6.61 Å². The molecule has 0 radical (unpaired) electrons. The molecular weight excluding hydrogens is 223 g/mol. The van der Waals surface area contributed by atoms with E-state index in [1.807, 2.05) is 0 Å². The predicted molar refractivity (Wildman–Crippen MR) is 53.3 cm³/mol. The quantitative estimate of drug-likeness (QED) is 0.868. The van der Waals surface area contributed by atoms with Crippen LogP contribution in [0.5, 0.6) is 0 Å². The van der Waals surface area contributed by atoms with E-state index in [-0.39, 0.29) is 6.61 Å². The van der Waals surface area contributed by atoms with E-state index >= 15 is 0 Å². The van der Waals surface area contributed by atoms with E-state index in [2.05, 4.69) is 0 Å². The first-order chi connectivity index (χ1) is 7.00. The van der Waals surface area contributed by atoms with Gasteiger partial charge in [-0.3, -0.25) is 0 Å². The first-order valence-corrected chi connectivity index (χ1v) is 4.67. The molecule has 1 unspecified atom stereocenters. The van der Waals surface area contributed by atoms with Crippen molar-refractivity contribution in [2.24, 2.45) is 0 Å². The average molecular weight is 233 g/mol. The van der Waals surface area contributed by atoms with E-state index < -0.39 is 17.9 Å². The Morgan fingerprint density at radius 1 is 1.67 bits per heavy atom. The lowest BCUT2D eigenvalue weighted by Crippen LogP contribution is -2.19. The van der Waals surface area contributed by atoms with Crippen LogP contribution < -0.4 is 0 Å². The van der Waals surface area contributed by atoms with Crippen molar-refractivity contribution in [1.29, 1.82) is 0 Å². The molecule has 0 saturated carbocycles. The zero-order chi connectivity index (χ0) is 11.4. The fourth-order valence-electron chi connectivity index (χ4n) is 0.940. The summed E-state index contributed by atoms with van der Waals surface area (Å²) in [6, 6.07) is 3.85. The Balaban J connectivity index is 2.65. The summed E-state index contributed by atoms with van der Waals surface area (Å²) in [4.78, 5) is 10.4. The molecule has 0 fully saturated rings. The number of benzene rings is 1. The molecule has 1 N–H and O–H groups in total. The van der Waals surface area contributed by atoms with Crippen molar-refractivity contribution in [2.75, 3.05) is 0 Å². The molecule has 0 amide bonds. The maximum absolute atomic E-state index is 12.8. The van der Waals surface area contributed by atoms with Gasteiger partial charge in [-0.15, -0.1) is 0 Å². The lowest BCUT2D eigenvalue weighted by atomic mass is 10.2. The Morgan fingerprint density at radius 2 is 2.33 bits per heavy atom. The normalized spacial score (nSPS) is 12.5. The molecule has 1 atom stereocenters. The summed E-state index contributed by atoms with van der Waals surface area (Å²) in [5.41, 5.74) is 0.435. The Labute approximate surface area is 91.4 Å². The van der Waals surface area contributed by atoms with E-state index in [0.717, 1.165) is 0 Å². The highest BCUT2D eigenvalue weighted by atomic mass is 35.5. The van der Waals surface area contributed by atoms with Gasteiger partial charge in [-0.25, -0.2) is 9.18 Å².